The first kappa shape index (κ1) is 15.4. The fourth-order valence-corrected chi connectivity index (χ4v) is 3.69. The lowest BCUT2D eigenvalue weighted by Gasteiger charge is -2.28. The molecule has 4 nitrogen and oxygen atoms in total. The summed E-state index contributed by atoms with van der Waals surface area (Å²) in [6, 6.07) is 6.33. The van der Waals surface area contributed by atoms with Crippen molar-refractivity contribution in [2.75, 3.05) is 33.3 Å². The van der Waals surface area contributed by atoms with E-state index in [1.165, 1.54) is 26.0 Å². The first-order valence-corrected chi connectivity index (χ1v) is 8.01. The average molecular weight is 306 g/mol. The summed E-state index contributed by atoms with van der Waals surface area (Å²) in [6.07, 6.45) is 3.54. The van der Waals surface area contributed by atoms with E-state index in [2.05, 4.69) is 9.80 Å². The Kier molecular flexibility index (Phi) is 4.74. The van der Waals surface area contributed by atoms with Crippen molar-refractivity contribution in [3.63, 3.8) is 0 Å². The minimum Gasteiger partial charge on any atom is -0.468 e. The molecule has 2 aliphatic rings. The van der Waals surface area contributed by atoms with Crippen LogP contribution in [0.25, 0.3) is 0 Å². The van der Waals surface area contributed by atoms with Gasteiger partial charge in [0.05, 0.1) is 7.11 Å². The molecule has 22 heavy (non-hydrogen) atoms. The molecule has 0 aromatic heterocycles. The Labute approximate surface area is 130 Å². The van der Waals surface area contributed by atoms with E-state index in [0.29, 0.717) is 11.6 Å². The molecule has 0 unspecified atom stereocenters. The van der Waals surface area contributed by atoms with Gasteiger partial charge in [0, 0.05) is 24.7 Å². The van der Waals surface area contributed by atoms with Gasteiger partial charge < -0.3 is 4.74 Å². The van der Waals surface area contributed by atoms with Gasteiger partial charge in [0.2, 0.25) is 0 Å². The summed E-state index contributed by atoms with van der Waals surface area (Å²) in [4.78, 5) is 16.8. The number of esters is 1. The summed E-state index contributed by atoms with van der Waals surface area (Å²) in [7, 11) is 1.37. The lowest BCUT2D eigenvalue weighted by molar-refractivity contribution is -0.147. The number of carbonyl (C=O) groups excluding carboxylic acids is 1. The van der Waals surface area contributed by atoms with Crippen molar-refractivity contribution in [1.82, 2.24) is 9.80 Å². The Balaban J connectivity index is 1.79. The van der Waals surface area contributed by atoms with Gasteiger partial charge in [0.15, 0.2) is 0 Å². The van der Waals surface area contributed by atoms with Crippen LogP contribution in [0, 0.1) is 5.82 Å². The highest BCUT2D eigenvalue weighted by Crippen LogP contribution is 2.30. The molecule has 120 valence electrons. The van der Waals surface area contributed by atoms with Crippen LogP contribution in [0.5, 0.6) is 0 Å². The summed E-state index contributed by atoms with van der Waals surface area (Å²) in [5.74, 6) is -0.727. The second-order valence-electron chi connectivity index (χ2n) is 6.13. The summed E-state index contributed by atoms with van der Waals surface area (Å²) in [6.45, 7) is 3.88. The number of ether oxygens (including phenoxy) is 1. The molecule has 2 fully saturated rings. The lowest BCUT2D eigenvalue weighted by Crippen LogP contribution is -2.38. The number of hydrogen-bond acceptors (Lipinski definition) is 4. The molecule has 2 atom stereocenters. The van der Waals surface area contributed by atoms with Gasteiger partial charge in [-0.1, -0.05) is 18.2 Å². The van der Waals surface area contributed by atoms with Crippen LogP contribution in [0.4, 0.5) is 4.39 Å². The van der Waals surface area contributed by atoms with E-state index in [4.69, 9.17) is 4.74 Å². The zero-order valence-electron chi connectivity index (χ0n) is 13.0. The van der Waals surface area contributed by atoms with E-state index in [9.17, 15) is 9.18 Å². The van der Waals surface area contributed by atoms with Crippen LogP contribution in [-0.4, -0.2) is 55.1 Å². The molecule has 0 N–H and O–H groups in total. The molecular formula is C17H23FN2O2. The van der Waals surface area contributed by atoms with E-state index in [1.807, 2.05) is 0 Å². The van der Waals surface area contributed by atoms with Gasteiger partial charge in [0.25, 0.3) is 0 Å². The van der Waals surface area contributed by atoms with Gasteiger partial charge >= 0.3 is 5.97 Å². The summed E-state index contributed by atoms with van der Waals surface area (Å²) in [5, 5.41) is 0. The Morgan fingerprint density at radius 2 is 2.00 bits per heavy atom. The summed E-state index contributed by atoms with van der Waals surface area (Å²) in [5.41, 5.74) is 0.413. The predicted octanol–water partition coefficient (Wildman–Crippen LogP) is 2.21. The number of benzene rings is 1. The number of methoxy groups -OCH3 is 1. The normalized spacial score (nSPS) is 24.5. The SMILES string of the molecule is COC(=O)[C@@H](c1ccccc1F)N1CC[C@H](N2CCCC2)C1. The fourth-order valence-electron chi connectivity index (χ4n) is 3.69. The topological polar surface area (TPSA) is 32.8 Å². The van der Waals surface area contributed by atoms with Crippen molar-refractivity contribution in [2.24, 2.45) is 0 Å². The number of rotatable bonds is 4. The van der Waals surface area contributed by atoms with E-state index in [-0.39, 0.29) is 11.8 Å². The molecule has 0 spiro atoms. The second-order valence-corrected chi connectivity index (χ2v) is 6.13. The Hall–Kier alpha value is -1.46. The zero-order valence-corrected chi connectivity index (χ0v) is 13.0. The van der Waals surface area contributed by atoms with Crippen LogP contribution in [0.3, 0.4) is 0 Å². The van der Waals surface area contributed by atoms with Crippen LogP contribution in [0.1, 0.15) is 30.9 Å². The number of hydrogen-bond donors (Lipinski definition) is 0. The van der Waals surface area contributed by atoms with E-state index < -0.39 is 6.04 Å². The molecule has 2 aliphatic heterocycles. The molecule has 2 saturated heterocycles. The van der Waals surface area contributed by atoms with E-state index in [0.717, 1.165) is 32.6 Å². The largest absolute Gasteiger partial charge is 0.468 e. The maximum absolute atomic E-state index is 14.1. The molecule has 0 amide bonds. The quantitative estimate of drug-likeness (QED) is 0.799. The number of carbonyl (C=O) groups is 1. The van der Waals surface area contributed by atoms with Crippen molar-refractivity contribution in [2.45, 2.75) is 31.3 Å². The molecule has 0 bridgehead atoms. The van der Waals surface area contributed by atoms with Crippen molar-refractivity contribution in [1.29, 1.82) is 0 Å². The van der Waals surface area contributed by atoms with Gasteiger partial charge in [-0.15, -0.1) is 0 Å². The van der Waals surface area contributed by atoms with Crippen molar-refractivity contribution < 1.29 is 13.9 Å². The Bertz CT molecular complexity index is 531. The highest BCUT2D eigenvalue weighted by Gasteiger charge is 2.37. The second kappa shape index (κ2) is 6.75. The molecule has 1 aromatic carbocycles. The maximum Gasteiger partial charge on any atom is 0.327 e. The van der Waals surface area contributed by atoms with E-state index >= 15 is 0 Å². The monoisotopic (exact) mass is 306 g/mol. The third-order valence-electron chi connectivity index (χ3n) is 4.84. The van der Waals surface area contributed by atoms with Gasteiger partial charge in [-0.05, 0) is 38.4 Å². The molecule has 1 aromatic rings. The minimum absolute atomic E-state index is 0.345. The standard InChI is InChI=1S/C17H23FN2O2/c1-22-17(21)16(14-6-2-3-7-15(14)18)20-11-8-13(12-20)19-9-4-5-10-19/h2-3,6-7,13,16H,4-5,8-12H2,1H3/t13-,16+/m0/s1. The third kappa shape index (κ3) is 3.01. The average Bonchev–Trinajstić information content (AvgIpc) is 3.20. The van der Waals surface area contributed by atoms with Gasteiger partial charge in [-0.3, -0.25) is 9.80 Å². The van der Waals surface area contributed by atoms with Crippen LogP contribution in [0.2, 0.25) is 0 Å². The smallest absolute Gasteiger partial charge is 0.327 e. The fraction of sp³-hybridized carbons (Fsp3) is 0.588. The van der Waals surface area contributed by atoms with Crippen LogP contribution >= 0.6 is 0 Å². The Morgan fingerprint density at radius 1 is 1.27 bits per heavy atom. The number of likely N-dealkylation sites (tertiary alicyclic amines) is 2. The third-order valence-corrected chi connectivity index (χ3v) is 4.84. The number of nitrogens with zero attached hydrogens (tertiary/aromatic N) is 2. The summed E-state index contributed by atoms with van der Waals surface area (Å²) >= 11 is 0. The molecule has 0 aliphatic carbocycles. The van der Waals surface area contributed by atoms with Crippen molar-refractivity contribution >= 4 is 5.97 Å². The van der Waals surface area contributed by atoms with Crippen LogP contribution < -0.4 is 0 Å². The van der Waals surface area contributed by atoms with Crippen molar-refractivity contribution in [3.05, 3.63) is 35.6 Å². The predicted molar refractivity (Wildman–Crippen MR) is 81.9 cm³/mol. The van der Waals surface area contributed by atoms with Crippen LogP contribution in [-0.2, 0) is 9.53 Å². The van der Waals surface area contributed by atoms with Crippen LogP contribution in [0.15, 0.2) is 24.3 Å². The molecule has 0 saturated carbocycles. The zero-order chi connectivity index (χ0) is 15.5. The minimum atomic E-state index is -0.640. The first-order valence-electron chi connectivity index (χ1n) is 8.01. The molecule has 2 heterocycles. The molecule has 3 rings (SSSR count). The summed E-state index contributed by atoms with van der Waals surface area (Å²) < 4.78 is 19.1. The van der Waals surface area contributed by atoms with E-state index in [1.54, 1.807) is 18.2 Å². The molecular weight excluding hydrogens is 283 g/mol. The van der Waals surface area contributed by atoms with Gasteiger partial charge in [0.1, 0.15) is 11.9 Å². The van der Waals surface area contributed by atoms with Gasteiger partial charge in [-0.25, -0.2) is 9.18 Å². The molecule has 5 heteroatoms. The first-order chi connectivity index (χ1) is 10.7. The number of halogens is 1. The highest BCUT2D eigenvalue weighted by molar-refractivity contribution is 5.77. The van der Waals surface area contributed by atoms with Gasteiger partial charge in [-0.2, -0.15) is 0 Å². The lowest BCUT2D eigenvalue weighted by atomic mass is 10.1. The highest BCUT2D eigenvalue weighted by atomic mass is 19.1. The molecule has 0 radical (unpaired) electrons. The Morgan fingerprint density at radius 3 is 2.68 bits per heavy atom. The maximum atomic E-state index is 14.1. The van der Waals surface area contributed by atoms with Crippen molar-refractivity contribution in [3.8, 4) is 0 Å².